The Labute approximate surface area is 220 Å². The van der Waals surface area contributed by atoms with Crippen molar-refractivity contribution in [1.82, 2.24) is 25.6 Å². The van der Waals surface area contributed by atoms with E-state index in [1.807, 2.05) is 42.5 Å². The molecule has 0 aliphatic carbocycles. The van der Waals surface area contributed by atoms with Gasteiger partial charge in [-0.3, -0.25) is 4.79 Å². The first-order chi connectivity index (χ1) is 18.3. The lowest BCUT2D eigenvalue weighted by Gasteiger charge is -2.25. The van der Waals surface area contributed by atoms with Gasteiger partial charge in [-0.2, -0.15) is 9.90 Å². The van der Waals surface area contributed by atoms with E-state index in [0.717, 1.165) is 18.1 Å². The molecule has 0 aliphatic rings. The first-order valence-corrected chi connectivity index (χ1v) is 12.5. The highest BCUT2D eigenvalue weighted by Crippen LogP contribution is 2.14. The largest absolute Gasteiger partial charge is 0.390 e. The highest BCUT2D eigenvalue weighted by molar-refractivity contribution is 5.93. The van der Waals surface area contributed by atoms with Crippen LogP contribution in [0, 0.1) is 18.6 Å². The molecule has 4 aromatic rings. The molecule has 2 atom stereocenters. The second-order valence-corrected chi connectivity index (χ2v) is 9.19. The topological polar surface area (TPSA) is 92.1 Å². The van der Waals surface area contributed by atoms with Gasteiger partial charge in [0.15, 0.2) is 5.69 Å². The van der Waals surface area contributed by atoms with Crippen LogP contribution in [-0.2, 0) is 19.4 Å². The number of halogens is 2. The van der Waals surface area contributed by atoms with Crippen molar-refractivity contribution in [3.63, 3.8) is 0 Å². The van der Waals surface area contributed by atoms with Crippen molar-refractivity contribution < 1.29 is 18.7 Å². The summed E-state index contributed by atoms with van der Waals surface area (Å²) >= 11 is 0. The molecule has 7 nitrogen and oxygen atoms in total. The molecule has 0 saturated heterocycles. The second kappa shape index (κ2) is 12.5. The molecule has 0 fully saturated rings. The molecule has 0 saturated carbocycles. The Morgan fingerprint density at radius 3 is 2.37 bits per heavy atom. The van der Waals surface area contributed by atoms with E-state index >= 15 is 0 Å². The van der Waals surface area contributed by atoms with Crippen LogP contribution in [-0.4, -0.2) is 44.7 Å². The number of rotatable bonds is 11. The minimum Gasteiger partial charge on any atom is -0.390 e. The van der Waals surface area contributed by atoms with E-state index in [1.165, 1.54) is 22.5 Å². The number of aromatic nitrogens is 3. The summed E-state index contributed by atoms with van der Waals surface area (Å²) in [6.45, 7) is 4.42. The van der Waals surface area contributed by atoms with Gasteiger partial charge in [0.2, 0.25) is 0 Å². The molecule has 0 bridgehead atoms. The van der Waals surface area contributed by atoms with Crippen LogP contribution in [0.3, 0.4) is 0 Å². The number of benzene rings is 3. The van der Waals surface area contributed by atoms with Crippen LogP contribution in [0.5, 0.6) is 0 Å². The minimum atomic E-state index is -1.05. The number of aryl methyl sites for hydroxylation is 2. The first kappa shape index (κ1) is 27.1. The molecule has 1 aromatic heterocycles. The van der Waals surface area contributed by atoms with Crippen molar-refractivity contribution >= 4 is 5.91 Å². The van der Waals surface area contributed by atoms with Gasteiger partial charge in [-0.25, -0.2) is 8.78 Å². The lowest BCUT2D eigenvalue weighted by Crippen LogP contribution is -2.49. The number of carbonyl (C=O) groups is 1. The molecule has 0 unspecified atom stereocenters. The van der Waals surface area contributed by atoms with E-state index in [-0.39, 0.29) is 18.7 Å². The number of carbonyl (C=O) groups excluding carboxylic acids is 1. The number of nitrogens with zero attached hydrogens (tertiary/aromatic N) is 3. The fourth-order valence-electron chi connectivity index (χ4n) is 4.23. The molecule has 0 aliphatic heterocycles. The van der Waals surface area contributed by atoms with Crippen molar-refractivity contribution in [3.05, 3.63) is 113 Å². The zero-order chi connectivity index (χ0) is 27.1. The molecule has 3 aromatic carbocycles. The number of aliphatic hydroxyl groups is 1. The Balaban J connectivity index is 1.49. The smallest absolute Gasteiger partial charge is 0.274 e. The van der Waals surface area contributed by atoms with Crippen molar-refractivity contribution in [1.29, 1.82) is 0 Å². The van der Waals surface area contributed by atoms with Crippen LogP contribution in [0.2, 0.25) is 0 Å². The van der Waals surface area contributed by atoms with E-state index in [4.69, 9.17) is 0 Å². The van der Waals surface area contributed by atoms with Gasteiger partial charge in [-0.15, -0.1) is 5.10 Å². The molecular weight excluding hydrogens is 488 g/mol. The van der Waals surface area contributed by atoms with Crippen LogP contribution in [0.25, 0.3) is 5.69 Å². The van der Waals surface area contributed by atoms with Crippen LogP contribution in [0.1, 0.15) is 39.8 Å². The highest BCUT2D eigenvalue weighted by atomic mass is 19.1. The summed E-state index contributed by atoms with van der Waals surface area (Å²) in [7, 11) is 0. The molecule has 3 N–H and O–H groups in total. The standard InChI is InChI=1S/C29H31F2N5O2/c1-3-20-8-7-9-21(12-20)17-32-18-27(37)26(15-22-13-23(30)16-24(31)14-22)33-29(38)28-19(2)34-36(35-28)25-10-5-4-6-11-25/h4-14,16,26-27,32,37H,3,15,17-18H2,1-2H3,(H,33,38)/t26-,27+/m0/s1. The summed E-state index contributed by atoms with van der Waals surface area (Å²) in [6.07, 6.45) is -0.118. The Bertz CT molecular complexity index is 1360. The van der Waals surface area contributed by atoms with Gasteiger partial charge in [0.25, 0.3) is 5.91 Å². The van der Waals surface area contributed by atoms with Crippen LogP contribution < -0.4 is 10.6 Å². The number of nitrogens with one attached hydrogen (secondary N) is 2. The fourth-order valence-corrected chi connectivity index (χ4v) is 4.23. The van der Waals surface area contributed by atoms with E-state index in [9.17, 15) is 18.7 Å². The van der Waals surface area contributed by atoms with Crippen molar-refractivity contribution in [3.8, 4) is 5.69 Å². The van der Waals surface area contributed by atoms with E-state index in [1.54, 1.807) is 6.92 Å². The molecule has 0 radical (unpaired) electrons. The molecule has 1 heterocycles. The zero-order valence-electron chi connectivity index (χ0n) is 21.4. The maximum atomic E-state index is 13.9. The SMILES string of the molecule is CCc1cccc(CNC[C@@H](O)[C@H](Cc2cc(F)cc(F)c2)NC(=O)c2nn(-c3ccccc3)nc2C)c1. The maximum absolute atomic E-state index is 13.9. The third-order valence-corrected chi connectivity index (χ3v) is 6.23. The van der Waals surface area contributed by atoms with Gasteiger partial charge in [0.1, 0.15) is 11.6 Å². The van der Waals surface area contributed by atoms with E-state index in [0.29, 0.717) is 23.5 Å². The van der Waals surface area contributed by atoms with Gasteiger partial charge in [-0.05, 0) is 60.7 Å². The maximum Gasteiger partial charge on any atom is 0.274 e. The lowest BCUT2D eigenvalue weighted by molar-refractivity contribution is 0.0824. The summed E-state index contributed by atoms with van der Waals surface area (Å²) in [6, 6.07) is 19.6. The average Bonchev–Trinajstić information content (AvgIpc) is 3.30. The van der Waals surface area contributed by atoms with Gasteiger partial charge < -0.3 is 15.7 Å². The Morgan fingerprint density at radius 1 is 0.947 bits per heavy atom. The predicted octanol–water partition coefficient (Wildman–Crippen LogP) is 3.91. The highest BCUT2D eigenvalue weighted by Gasteiger charge is 2.25. The fraction of sp³-hybridized carbons (Fsp3) is 0.276. The third-order valence-electron chi connectivity index (χ3n) is 6.23. The summed E-state index contributed by atoms with van der Waals surface area (Å²) in [4.78, 5) is 14.6. The van der Waals surface area contributed by atoms with Crippen LogP contribution in [0.4, 0.5) is 8.78 Å². The predicted molar refractivity (Wildman–Crippen MR) is 141 cm³/mol. The number of amides is 1. The van der Waals surface area contributed by atoms with Gasteiger partial charge in [0.05, 0.1) is 23.5 Å². The van der Waals surface area contributed by atoms with Crippen molar-refractivity contribution in [2.45, 2.75) is 45.4 Å². The Hall–Kier alpha value is -3.95. The van der Waals surface area contributed by atoms with Gasteiger partial charge in [-0.1, -0.05) is 49.4 Å². The quantitative estimate of drug-likeness (QED) is 0.280. The molecule has 0 spiro atoms. The molecular formula is C29H31F2N5O2. The Kier molecular flexibility index (Phi) is 8.93. The summed E-state index contributed by atoms with van der Waals surface area (Å²) in [5, 5.41) is 25.7. The Morgan fingerprint density at radius 2 is 1.66 bits per heavy atom. The number of para-hydroxylation sites is 1. The molecule has 38 heavy (non-hydrogen) atoms. The minimum absolute atomic E-state index is 0.0143. The third kappa shape index (κ3) is 7.08. The normalized spacial score (nSPS) is 12.8. The lowest BCUT2D eigenvalue weighted by atomic mass is 10.00. The number of hydrogen-bond acceptors (Lipinski definition) is 5. The summed E-state index contributed by atoms with van der Waals surface area (Å²) in [5.74, 6) is -1.99. The number of aliphatic hydroxyl groups excluding tert-OH is 1. The van der Waals surface area contributed by atoms with Gasteiger partial charge >= 0.3 is 0 Å². The molecule has 9 heteroatoms. The average molecular weight is 520 g/mol. The van der Waals surface area contributed by atoms with Crippen LogP contribution >= 0.6 is 0 Å². The van der Waals surface area contributed by atoms with Gasteiger partial charge in [0, 0.05) is 19.2 Å². The second-order valence-electron chi connectivity index (χ2n) is 9.19. The molecule has 198 valence electrons. The summed E-state index contributed by atoms with van der Waals surface area (Å²) < 4.78 is 27.7. The van der Waals surface area contributed by atoms with Crippen molar-refractivity contribution in [2.24, 2.45) is 0 Å². The zero-order valence-corrected chi connectivity index (χ0v) is 21.4. The van der Waals surface area contributed by atoms with Crippen LogP contribution in [0.15, 0.2) is 72.8 Å². The van der Waals surface area contributed by atoms with Crippen molar-refractivity contribution in [2.75, 3.05) is 6.54 Å². The van der Waals surface area contributed by atoms with E-state index < -0.39 is 29.7 Å². The molecule has 1 amide bonds. The molecule has 4 rings (SSSR count). The number of hydrogen-bond donors (Lipinski definition) is 3. The first-order valence-electron chi connectivity index (χ1n) is 12.5. The van der Waals surface area contributed by atoms with E-state index in [2.05, 4.69) is 39.9 Å². The monoisotopic (exact) mass is 519 g/mol. The summed E-state index contributed by atoms with van der Waals surface area (Å²) in [5.41, 5.74) is 3.79.